The Kier molecular flexibility index (Phi) is 5.73. The Hall–Kier alpha value is -3.26. The molecule has 2 aromatic heterocycles. The van der Waals surface area contributed by atoms with Crippen LogP contribution in [-0.2, 0) is 15.7 Å². The smallest absolute Gasteiger partial charge is 0.434 e. The number of hydrogen-bond donors (Lipinski definition) is 2. The van der Waals surface area contributed by atoms with Gasteiger partial charge in [-0.25, -0.2) is 24.6 Å². The number of anilines is 3. The third kappa shape index (κ3) is 4.10. The summed E-state index contributed by atoms with van der Waals surface area (Å²) < 4.78 is 51.4. The van der Waals surface area contributed by atoms with Gasteiger partial charge in [0.2, 0.25) is 11.9 Å². The zero-order valence-electron chi connectivity index (χ0n) is 16.9. The number of ether oxygens (including phenoxy) is 2. The van der Waals surface area contributed by atoms with Crippen LogP contribution in [0.1, 0.15) is 12.6 Å². The predicted molar refractivity (Wildman–Crippen MR) is 105 cm³/mol. The lowest BCUT2D eigenvalue weighted by molar-refractivity contribution is -0.140. The van der Waals surface area contributed by atoms with Crippen molar-refractivity contribution in [3.63, 3.8) is 0 Å². The van der Waals surface area contributed by atoms with Crippen LogP contribution in [0.25, 0.3) is 11.3 Å². The van der Waals surface area contributed by atoms with Crippen LogP contribution < -0.4 is 15.5 Å². The molecule has 14 heteroatoms. The number of hydrogen-bond acceptors (Lipinski definition) is 10. The predicted octanol–water partition coefficient (Wildman–Crippen LogP) is 1.08. The largest absolute Gasteiger partial charge is 0.441 e. The Balaban J connectivity index is 1.87. The van der Waals surface area contributed by atoms with Gasteiger partial charge < -0.3 is 25.2 Å². The van der Waals surface area contributed by atoms with Gasteiger partial charge in [-0.2, -0.15) is 18.2 Å². The van der Waals surface area contributed by atoms with Gasteiger partial charge in [0.25, 0.3) is 0 Å². The second-order valence-electron chi connectivity index (χ2n) is 7.21. The van der Waals surface area contributed by atoms with Gasteiger partial charge >= 0.3 is 12.3 Å². The molecule has 3 N–H and O–H groups in total. The summed E-state index contributed by atoms with van der Waals surface area (Å²) in [7, 11) is 0. The minimum Gasteiger partial charge on any atom is -0.441 e. The van der Waals surface area contributed by atoms with Crippen molar-refractivity contribution in [2.45, 2.75) is 25.2 Å². The monoisotopic (exact) mass is 455 g/mol. The summed E-state index contributed by atoms with van der Waals surface area (Å²) in [4.78, 5) is 31.0. The van der Waals surface area contributed by atoms with Crippen LogP contribution in [0.2, 0.25) is 0 Å². The van der Waals surface area contributed by atoms with Crippen LogP contribution in [0.3, 0.4) is 0 Å². The molecular weight excluding hydrogens is 435 g/mol. The second kappa shape index (κ2) is 8.35. The molecule has 4 heterocycles. The summed E-state index contributed by atoms with van der Waals surface area (Å²) in [6.45, 7) is 2.89. The van der Waals surface area contributed by atoms with Crippen LogP contribution >= 0.6 is 0 Å². The maximum Gasteiger partial charge on any atom is 0.434 e. The number of alkyl halides is 3. The van der Waals surface area contributed by atoms with E-state index in [1.165, 1.54) is 6.07 Å². The van der Waals surface area contributed by atoms with Crippen LogP contribution in [0.5, 0.6) is 0 Å². The molecule has 0 saturated carbocycles. The number of nitrogen functional groups attached to an aromatic ring is 1. The van der Waals surface area contributed by atoms with Crippen molar-refractivity contribution in [3.8, 4) is 11.3 Å². The molecule has 2 aliphatic rings. The second-order valence-corrected chi connectivity index (χ2v) is 7.21. The van der Waals surface area contributed by atoms with E-state index in [0.717, 1.165) is 11.1 Å². The maximum atomic E-state index is 13.7. The van der Waals surface area contributed by atoms with Crippen molar-refractivity contribution in [3.05, 3.63) is 18.0 Å². The number of nitrogens with zero attached hydrogens (tertiary/aromatic N) is 6. The lowest BCUT2D eigenvalue weighted by atomic mass is 10.1. The number of aliphatic hydroxyl groups is 1. The normalized spacial score (nSPS) is 21.7. The number of amides is 1. The van der Waals surface area contributed by atoms with Crippen molar-refractivity contribution in [1.29, 1.82) is 0 Å². The third-order valence-electron chi connectivity index (χ3n) is 5.18. The van der Waals surface area contributed by atoms with Gasteiger partial charge in [-0.15, -0.1) is 0 Å². The maximum absolute atomic E-state index is 13.7. The Morgan fingerprint density at radius 1 is 1.25 bits per heavy atom. The lowest BCUT2D eigenvalue weighted by Gasteiger charge is -2.29. The average Bonchev–Trinajstić information content (AvgIpc) is 3.06. The van der Waals surface area contributed by atoms with Crippen LogP contribution in [0.15, 0.2) is 12.3 Å². The van der Waals surface area contributed by atoms with Crippen LogP contribution in [-0.4, -0.2) is 76.2 Å². The lowest BCUT2D eigenvalue weighted by Crippen LogP contribution is -2.39. The minimum atomic E-state index is -4.82. The highest BCUT2D eigenvalue weighted by atomic mass is 19.4. The molecule has 0 unspecified atom stereocenters. The standard InChI is InChI=1S/C18H20F3N7O4/c1-9-12(8-29)32-17(30)28(9)16-24-11(6-13(25-16)27-2-4-31-5-3-27)10-7-23-15(22)26-14(10)18(19,20)21/h6-7,9,12,29H,2-5,8H2,1H3,(H2,22,23,26)/t9-,12-/m0/s1. The third-order valence-corrected chi connectivity index (χ3v) is 5.18. The molecule has 0 bridgehead atoms. The molecule has 2 atom stereocenters. The number of rotatable bonds is 4. The first kappa shape index (κ1) is 22.0. The Bertz CT molecular complexity index is 1020. The first-order valence-electron chi connectivity index (χ1n) is 9.71. The summed E-state index contributed by atoms with van der Waals surface area (Å²) in [5.41, 5.74) is 3.56. The van der Waals surface area contributed by atoms with Crippen molar-refractivity contribution in [2.75, 3.05) is 48.4 Å². The number of morpholine rings is 1. The van der Waals surface area contributed by atoms with Crippen LogP contribution in [0.4, 0.5) is 35.7 Å². The van der Waals surface area contributed by atoms with Crippen molar-refractivity contribution in [1.82, 2.24) is 19.9 Å². The van der Waals surface area contributed by atoms with Gasteiger partial charge in [-0.05, 0) is 6.92 Å². The highest BCUT2D eigenvalue weighted by molar-refractivity contribution is 5.89. The van der Waals surface area contributed by atoms with E-state index in [2.05, 4.69) is 19.9 Å². The molecule has 2 aliphatic heterocycles. The molecule has 1 amide bonds. The zero-order chi connectivity index (χ0) is 23.0. The molecule has 2 fully saturated rings. The molecule has 11 nitrogen and oxygen atoms in total. The van der Waals surface area contributed by atoms with Crippen molar-refractivity contribution < 1.29 is 32.5 Å². The van der Waals surface area contributed by atoms with Gasteiger partial charge in [-0.1, -0.05) is 0 Å². The summed E-state index contributed by atoms with van der Waals surface area (Å²) in [6.07, 6.45) is -5.53. The SMILES string of the molecule is C[C@H]1[C@H](CO)OC(=O)N1c1nc(-c2cnc(N)nc2C(F)(F)F)cc(N2CCOCC2)n1. The first-order chi connectivity index (χ1) is 15.2. The Morgan fingerprint density at radius 2 is 1.97 bits per heavy atom. The van der Waals surface area contributed by atoms with E-state index in [0.29, 0.717) is 32.1 Å². The Labute approximate surface area is 180 Å². The van der Waals surface area contributed by atoms with Crippen molar-refractivity contribution in [2.24, 2.45) is 0 Å². The molecule has 0 aliphatic carbocycles. The molecule has 0 radical (unpaired) electrons. The number of cyclic esters (lactones) is 1. The van der Waals surface area contributed by atoms with Crippen LogP contribution in [0, 0.1) is 0 Å². The van der Waals surface area contributed by atoms with E-state index in [9.17, 15) is 23.1 Å². The average molecular weight is 455 g/mol. The van der Waals surface area contributed by atoms with Crippen molar-refractivity contribution >= 4 is 23.8 Å². The fourth-order valence-corrected chi connectivity index (χ4v) is 3.49. The molecule has 2 aromatic rings. The number of aliphatic hydroxyl groups excluding tert-OH is 1. The first-order valence-corrected chi connectivity index (χ1v) is 9.71. The molecule has 172 valence electrons. The number of nitrogens with two attached hydrogens (primary N) is 1. The quantitative estimate of drug-likeness (QED) is 0.688. The molecule has 0 spiro atoms. The summed E-state index contributed by atoms with van der Waals surface area (Å²) >= 11 is 0. The van der Waals surface area contributed by atoms with E-state index in [1.807, 2.05) is 0 Å². The molecular formula is C18H20F3N7O4. The fourth-order valence-electron chi connectivity index (χ4n) is 3.49. The fraction of sp³-hybridized carbons (Fsp3) is 0.500. The van der Waals surface area contributed by atoms with E-state index >= 15 is 0 Å². The zero-order valence-corrected chi connectivity index (χ0v) is 16.9. The van der Waals surface area contributed by atoms with E-state index in [4.69, 9.17) is 15.2 Å². The number of aromatic nitrogens is 4. The number of halogens is 3. The van der Waals surface area contributed by atoms with Gasteiger partial charge in [0.05, 0.1) is 31.6 Å². The van der Waals surface area contributed by atoms with E-state index in [-0.39, 0.29) is 11.6 Å². The summed E-state index contributed by atoms with van der Waals surface area (Å²) in [6, 6.07) is 0.721. The van der Waals surface area contributed by atoms with E-state index in [1.54, 1.807) is 11.8 Å². The topological polar surface area (TPSA) is 140 Å². The highest BCUT2D eigenvalue weighted by Gasteiger charge is 2.42. The van der Waals surface area contributed by atoms with Gasteiger partial charge in [-0.3, -0.25) is 0 Å². The molecule has 32 heavy (non-hydrogen) atoms. The van der Waals surface area contributed by atoms with Gasteiger partial charge in [0, 0.05) is 30.9 Å². The molecule has 0 aromatic carbocycles. The van der Waals surface area contributed by atoms with Gasteiger partial charge in [0.15, 0.2) is 5.69 Å². The highest BCUT2D eigenvalue weighted by Crippen LogP contribution is 2.37. The minimum absolute atomic E-state index is 0.142. The number of carbonyl (C=O) groups is 1. The summed E-state index contributed by atoms with van der Waals surface area (Å²) in [5.74, 6) is -0.403. The molecule has 4 rings (SSSR count). The summed E-state index contributed by atoms with van der Waals surface area (Å²) in [5, 5.41) is 9.44. The molecule has 2 saturated heterocycles. The van der Waals surface area contributed by atoms with E-state index < -0.39 is 48.2 Å². The number of carbonyl (C=O) groups excluding carboxylic acids is 1. The Morgan fingerprint density at radius 3 is 2.59 bits per heavy atom. The van der Waals surface area contributed by atoms with Gasteiger partial charge in [0.1, 0.15) is 11.9 Å².